The number of hydrogen-bond acceptors (Lipinski definition) is 3. The van der Waals surface area contributed by atoms with E-state index >= 15 is 0 Å². The lowest BCUT2D eigenvalue weighted by atomic mass is 10.0. The molecule has 3 rings (SSSR count). The summed E-state index contributed by atoms with van der Waals surface area (Å²) in [6, 6.07) is 11.3. The van der Waals surface area contributed by atoms with Crippen molar-refractivity contribution in [3.63, 3.8) is 0 Å². The summed E-state index contributed by atoms with van der Waals surface area (Å²) in [4.78, 5) is 5.00. The van der Waals surface area contributed by atoms with Gasteiger partial charge in [-0.1, -0.05) is 30.3 Å². The molecule has 0 spiro atoms. The van der Waals surface area contributed by atoms with Gasteiger partial charge in [-0.3, -0.25) is 14.5 Å². The fraction of sp³-hybridized carbons (Fsp3) is 0.471. The predicted octanol–water partition coefficient (Wildman–Crippen LogP) is 2.22. The predicted molar refractivity (Wildman–Crippen MR) is 85.0 cm³/mol. The van der Waals surface area contributed by atoms with Gasteiger partial charge in [0.05, 0.1) is 6.20 Å². The molecular formula is C17H24N4. The van der Waals surface area contributed by atoms with Gasteiger partial charge < -0.3 is 0 Å². The maximum atomic E-state index is 4.35. The molecule has 0 aliphatic carbocycles. The molecule has 0 amide bonds. The van der Waals surface area contributed by atoms with E-state index in [1.54, 1.807) is 0 Å². The van der Waals surface area contributed by atoms with Gasteiger partial charge in [-0.15, -0.1) is 0 Å². The molecule has 21 heavy (non-hydrogen) atoms. The first-order chi connectivity index (χ1) is 10.1. The molecule has 1 fully saturated rings. The fourth-order valence-electron chi connectivity index (χ4n) is 3.05. The molecule has 1 aliphatic rings. The van der Waals surface area contributed by atoms with Crippen molar-refractivity contribution >= 4 is 0 Å². The van der Waals surface area contributed by atoms with Crippen molar-refractivity contribution in [3.05, 3.63) is 53.3 Å². The highest BCUT2D eigenvalue weighted by molar-refractivity contribution is 5.21. The fourth-order valence-corrected chi connectivity index (χ4v) is 3.05. The van der Waals surface area contributed by atoms with E-state index in [1.165, 1.54) is 16.8 Å². The summed E-state index contributed by atoms with van der Waals surface area (Å²) in [7, 11) is 4.24. The second-order valence-corrected chi connectivity index (χ2v) is 6.02. The number of aryl methyl sites for hydroxylation is 1. The molecule has 4 heteroatoms. The van der Waals surface area contributed by atoms with Crippen molar-refractivity contribution in [2.45, 2.75) is 19.5 Å². The summed E-state index contributed by atoms with van der Waals surface area (Å²) in [5.41, 5.74) is 4.02. The van der Waals surface area contributed by atoms with Gasteiger partial charge in [0.15, 0.2) is 0 Å². The van der Waals surface area contributed by atoms with Gasteiger partial charge in [-0.05, 0) is 19.5 Å². The first kappa shape index (κ1) is 14.3. The molecule has 2 heterocycles. The summed E-state index contributed by atoms with van der Waals surface area (Å²) in [6.07, 6.45) is 2.01. The van der Waals surface area contributed by atoms with Gasteiger partial charge in [-0.2, -0.15) is 5.10 Å². The summed E-state index contributed by atoms with van der Waals surface area (Å²) in [5.74, 6) is 0. The van der Waals surface area contributed by atoms with E-state index in [4.69, 9.17) is 0 Å². The molecule has 1 aromatic heterocycles. The Balaban J connectivity index is 1.72. The van der Waals surface area contributed by atoms with Crippen molar-refractivity contribution in [2.24, 2.45) is 7.05 Å². The number of benzene rings is 1. The monoisotopic (exact) mass is 284 g/mol. The van der Waals surface area contributed by atoms with Crippen molar-refractivity contribution in [1.29, 1.82) is 0 Å². The smallest absolute Gasteiger partial charge is 0.0537 e. The second-order valence-electron chi connectivity index (χ2n) is 6.02. The van der Waals surface area contributed by atoms with Gasteiger partial charge in [0, 0.05) is 50.5 Å². The third-order valence-electron chi connectivity index (χ3n) is 4.65. The van der Waals surface area contributed by atoms with Crippen LogP contribution in [0.2, 0.25) is 0 Å². The molecule has 1 aromatic carbocycles. The molecule has 1 aliphatic heterocycles. The van der Waals surface area contributed by atoms with Crippen molar-refractivity contribution in [3.8, 4) is 0 Å². The number of nitrogens with zero attached hydrogens (tertiary/aromatic N) is 4. The largest absolute Gasteiger partial charge is 0.297 e. The van der Waals surface area contributed by atoms with Gasteiger partial charge in [0.2, 0.25) is 0 Å². The second kappa shape index (κ2) is 6.00. The maximum Gasteiger partial charge on any atom is 0.0537 e. The number of likely N-dealkylation sites (N-methyl/N-ethyl adjacent to an activating group) is 1. The Hall–Kier alpha value is -1.65. The number of piperazine rings is 1. The Labute approximate surface area is 127 Å². The first-order valence-corrected chi connectivity index (χ1v) is 7.60. The molecule has 1 saturated heterocycles. The lowest BCUT2D eigenvalue weighted by Gasteiger charge is -2.39. The van der Waals surface area contributed by atoms with Crippen LogP contribution in [-0.4, -0.2) is 46.3 Å². The van der Waals surface area contributed by atoms with Crippen LogP contribution in [0.1, 0.15) is 22.9 Å². The summed E-state index contributed by atoms with van der Waals surface area (Å²) in [6.45, 7) is 6.45. The Morgan fingerprint density at radius 1 is 1.14 bits per heavy atom. The van der Waals surface area contributed by atoms with Crippen LogP contribution in [-0.2, 0) is 13.6 Å². The van der Waals surface area contributed by atoms with E-state index in [1.807, 2.05) is 17.9 Å². The van der Waals surface area contributed by atoms with Crippen LogP contribution < -0.4 is 0 Å². The Morgan fingerprint density at radius 2 is 1.90 bits per heavy atom. The molecule has 2 aromatic rings. The Kier molecular flexibility index (Phi) is 4.08. The zero-order valence-corrected chi connectivity index (χ0v) is 13.2. The third kappa shape index (κ3) is 3.01. The van der Waals surface area contributed by atoms with Crippen molar-refractivity contribution in [1.82, 2.24) is 19.6 Å². The molecule has 0 radical (unpaired) electrons. The first-order valence-electron chi connectivity index (χ1n) is 7.60. The molecule has 112 valence electrons. The van der Waals surface area contributed by atoms with Gasteiger partial charge in [0.1, 0.15) is 0 Å². The third-order valence-corrected chi connectivity index (χ3v) is 4.65. The molecule has 1 atom stereocenters. The van der Waals surface area contributed by atoms with Crippen LogP contribution in [0, 0.1) is 6.92 Å². The maximum absolute atomic E-state index is 4.35. The Morgan fingerprint density at radius 3 is 2.57 bits per heavy atom. The van der Waals surface area contributed by atoms with E-state index < -0.39 is 0 Å². The molecule has 0 saturated carbocycles. The van der Waals surface area contributed by atoms with Crippen LogP contribution in [0.4, 0.5) is 0 Å². The SMILES string of the molecule is Cc1c(CN2CCN(C)[C@@H](c3ccccc3)C2)cnn1C. The number of aromatic nitrogens is 2. The van der Waals surface area contributed by atoms with Crippen LogP contribution >= 0.6 is 0 Å². The Bertz CT molecular complexity index is 590. The quantitative estimate of drug-likeness (QED) is 0.864. The molecule has 0 unspecified atom stereocenters. The zero-order valence-electron chi connectivity index (χ0n) is 13.2. The molecule has 0 bridgehead atoms. The lowest BCUT2D eigenvalue weighted by molar-refractivity contribution is 0.0903. The summed E-state index contributed by atoms with van der Waals surface area (Å²) in [5, 5.41) is 4.35. The topological polar surface area (TPSA) is 24.3 Å². The molecule has 4 nitrogen and oxygen atoms in total. The van der Waals surface area contributed by atoms with Crippen molar-refractivity contribution < 1.29 is 0 Å². The minimum absolute atomic E-state index is 0.483. The van der Waals surface area contributed by atoms with Gasteiger partial charge in [-0.25, -0.2) is 0 Å². The van der Waals surface area contributed by atoms with E-state index in [9.17, 15) is 0 Å². The molecular weight excluding hydrogens is 260 g/mol. The standard InChI is InChI=1S/C17H24N4/c1-14-16(11-18-20(14)3)12-21-10-9-19(2)17(13-21)15-7-5-4-6-8-15/h4-8,11,17H,9-10,12-13H2,1-3H3/t17-/m1/s1. The van der Waals surface area contributed by atoms with Gasteiger partial charge in [0.25, 0.3) is 0 Å². The average molecular weight is 284 g/mol. The van der Waals surface area contributed by atoms with Gasteiger partial charge >= 0.3 is 0 Å². The van der Waals surface area contributed by atoms with Crippen LogP contribution in [0.3, 0.4) is 0 Å². The van der Waals surface area contributed by atoms with E-state index in [0.29, 0.717) is 6.04 Å². The van der Waals surface area contributed by atoms with E-state index in [0.717, 1.165) is 26.2 Å². The number of hydrogen-bond donors (Lipinski definition) is 0. The van der Waals surface area contributed by atoms with Crippen LogP contribution in [0.15, 0.2) is 36.5 Å². The minimum atomic E-state index is 0.483. The number of rotatable bonds is 3. The highest BCUT2D eigenvalue weighted by atomic mass is 15.3. The van der Waals surface area contributed by atoms with E-state index in [2.05, 4.69) is 59.2 Å². The van der Waals surface area contributed by atoms with Crippen LogP contribution in [0.25, 0.3) is 0 Å². The molecule has 0 N–H and O–H groups in total. The minimum Gasteiger partial charge on any atom is -0.297 e. The average Bonchev–Trinajstić information content (AvgIpc) is 2.82. The lowest BCUT2D eigenvalue weighted by Crippen LogP contribution is -2.46. The normalized spacial score (nSPS) is 20.8. The summed E-state index contributed by atoms with van der Waals surface area (Å²) < 4.78 is 1.96. The zero-order chi connectivity index (χ0) is 14.8. The van der Waals surface area contributed by atoms with E-state index in [-0.39, 0.29) is 0 Å². The van der Waals surface area contributed by atoms with Crippen LogP contribution in [0.5, 0.6) is 0 Å². The highest BCUT2D eigenvalue weighted by Gasteiger charge is 2.26. The summed E-state index contributed by atoms with van der Waals surface area (Å²) >= 11 is 0. The highest BCUT2D eigenvalue weighted by Crippen LogP contribution is 2.25. The van der Waals surface area contributed by atoms with Crippen molar-refractivity contribution in [2.75, 3.05) is 26.7 Å².